The Balaban J connectivity index is 1.97. The number of phenols is 1. The predicted molar refractivity (Wildman–Crippen MR) is 80.3 cm³/mol. The Hall–Kier alpha value is -0.850. The van der Waals surface area contributed by atoms with E-state index in [-0.39, 0.29) is 5.75 Å². The first-order valence-electron chi connectivity index (χ1n) is 5.34. The Morgan fingerprint density at radius 3 is 2.94 bits per heavy atom. The minimum atomic E-state index is 0.0889. The Kier molecular flexibility index (Phi) is 4.42. The molecule has 4 nitrogen and oxygen atoms in total. The minimum absolute atomic E-state index is 0.0889. The number of rotatable bonds is 3. The monoisotopic (exact) mass is 347 g/mol. The van der Waals surface area contributed by atoms with Crippen LogP contribution in [0.15, 0.2) is 21.7 Å². The average Bonchev–Trinajstić information content (AvgIpc) is 3.08. The summed E-state index contributed by atoms with van der Waals surface area (Å²) in [5.41, 5.74) is 3.20. The van der Waals surface area contributed by atoms with Crippen LogP contribution in [0.5, 0.6) is 5.75 Å². The van der Waals surface area contributed by atoms with Crippen molar-refractivity contribution in [1.29, 1.82) is 0 Å². The minimum Gasteiger partial charge on any atom is -0.506 e. The molecule has 1 aliphatic carbocycles. The van der Waals surface area contributed by atoms with Gasteiger partial charge in [0.15, 0.2) is 5.11 Å². The van der Waals surface area contributed by atoms with Gasteiger partial charge in [0, 0.05) is 16.6 Å². The molecule has 0 aromatic heterocycles. The quantitative estimate of drug-likeness (QED) is 0.447. The van der Waals surface area contributed by atoms with Crippen molar-refractivity contribution < 1.29 is 5.11 Å². The number of aromatic hydroxyl groups is 1. The topological polar surface area (TPSA) is 56.7 Å². The first-order chi connectivity index (χ1) is 8.56. The first kappa shape index (κ1) is 13.6. The fourth-order valence-corrected chi connectivity index (χ4v) is 2.34. The summed E-state index contributed by atoms with van der Waals surface area (Å²) in [7, 11) is 0. The van der Waals surface area contributed by atoms with Crippen molar-refractivity contribution in [3.05, 3.63) is 27.2 Å². The Morgan fingerprint density at radius 1 is 1.56 bits per heavy atom. The molecule has 1 aromatic rings. The SMILES string of the molecule is Oc1c(Br)cc(Cl)cc1/C=N\NC(=S)NC1CC1. The molecule has 96 valence electrons. The van der Waals surface area contributed by atoms with Gasteiger partial charge in [-0.25, -0.2) is 0 Å². The van der Waals surface area contributed by atoms with Gasteiger partial charge < -0.3 is 10.4 Å². The summed E-state index contributed by atoms with van der Waals surface area (Å²) in [4.78, 5) is 0. The molecule has 0 spiro atoms. The van der Waals surface area contributed by atoms with Gasteiger partial charge in [0.1, 0.15) is 5.75 Å². The molecule has 1 saturated carbocycles. The van der Waals surface area contributed by atoms with Crippen molar-refractivity contribution in [3.63, 3.8) is 0 Å². The first-order valence-corrected chi connectivity index (χ1v) is 6.92. The van der Waals surface area contributed by atoms with E-state index in [0.717, 1.165) is 12.8 Å². The molecule has 3 N–H and O–H groups in total. The van der Waals surface area contributed by atoms with Gasteiger partial charge in [-0.1, -0.05) is 11.6 Å². The molecule has 1 fully saturated rings. The maximum Gasteiger partial charge on any atom is 0.187 e. The lowest BCUT2D eigenvalue weighted by Gasteiger charge is -2.05. The standard InChI is InChI=1S/C11H11BrClN3OS/c12-9-4-7(13)3-6(10(9)17)5-14-16-11(18)15-8-1-2-8/h3-5,8,17H,1-2H2,(H2,15,16,18)/b14-5-. The molecule has 0 atom stereocenters. The van der Waals surface area contributed by atoms with E-state index in [1.54, 1.807) is 12.1 Å². The molecule has 0 aliphatic heterocycles. The van der Waals surface area contributed by atoms with Crippen molar-refractivity contribution in [2.75, 3.05) is 0 Å². The molecule has 7 heteroatoms. The van der Waals surface area contributed by atoms with Crippen LogP contribution in [0.3, 0.4) is 0 Å². The summed E-state index contributed by atoms with van der Waals surface area (Å²) in [6, 6.07) is 3.71. The van der Waals surface area contributed by atoms with Crippen LogP contribution in [0.1, 0.15) is 18.4 Å². The average molecular weight is 349 g/mol. The van der Waals surface area contributed by atoms with E-state index in [9.17, 15) is 5.11 Å². The van der Waals surface area contributed by atoms with Crippen LogP contribution in [-0.2, 0) is 0 Å². The van der Waals surface area contributed by atoms with Gasteiger partial charge >= 0.3 is 0 Å². The van der Waals surface area contributed by atoms with Gasteiger partial charge in [0.25, 0.3) is 0 Å². The highest BCUT2D eigenvalue weighted by Crippen LogP contribution is 2.30. The fourth-order valence-electron chi connectivity index (χ4n) is 1.29. The molecule has 0 amide bonds. The number of thiocarbonyl (C=S) groups is 1. The van der Waals surface area contributed by atoms with Gasteiger partial charge in [-0.05, 0) is 53.1 Å². The summed E-state index contributed by atoms with van der Waals surface area (Å²) >= 11 is 14.1. The predicted octanol–water partition coefficient (Wildman–Crippen LogP) is 2.77. The van der Waals surface area contributed by atoms with E-state index in [1.807, 2.05) is 0 Å². The number of halogens is 2. The number of nitrogens with one attached hydrogen (secondary N) is 2. The number of phenolic OH excluding ortho intramolecular Hbond substituents is 1. The number of hydrogen-bond donors (Lipinski definition) is 3. The van der Waals surface area contributed by atoms with E-state index >= 15 is 0 Å². The number of benzene rings is 1. The molecule has 1 aromatic carbocycles. The second-order valence-corrected chi connectivity index (χ2v) is 5.64. The van der Waals surface area contributed by atoms with Crippen LogP contribution in [0.4, 0.5) is 0 Å². The molecule has 0 radical (unpaired) electrons. The normalized spacial score (nSPS) is 14.8. The molecule has 18 heavy (non-hydrogen) atoms. The highest BCUT2D eigenvalue weighted by molar-refractivity contribution is 9.10. The highest BCUT2D eigenvalue weighted by atomic mass is 79.9. The van der Waals surface area contributed by atoms with Crippen LogP contribution in [0.2, 0.25) is 5.02 Å². The Labute approximate surface area is 124 Å². The van der Waals surface area contributed by atoms with Crippen LogP contribution < -0.4 is 10.7 Å². The lowest BCUT2D eigenvalue weighted by molar-refractivity contribution is 0.471. The number of hydrazone groups is 1. The molecular weight excluding hydrogens is 338 g/mol. The van der Waals surface area contributed by atoms with Gasteiger partial charge in [0.05, 0.1) is 10.7 Å². The molecule has 0 unspecified atom stereocenters. The van der Waals surface area contributed by atoms with Gasteiger partial charge in [-0.3, -0.25) is 5.43 Å². The number of hydrogen-bond acceptors (Lipinski definition) is 3. The van der Waals surface area contributed by atoms with E-state index < -0.39 is 0 Å². The molecule has 0 saturated heterocycles. The fraction of sp³-hybridized carbons (Fsp3) is 0.273. The maximum atomic E-state index is 9.77. The third-order valence-electron chi connectivity index (χ3n) is 2.34. The zero-order valence-corrected chi connectivity index (χ0v) is 12.4. The van der Waals surface area contributed by atoms with E-state index in [1.165, 1.54) is 6.21 Å². The van der Waals surface area contributed by atoms with Gasteiger partial charge in [-0.15, -0.1) is 0 Å². The smallest absolute Gasteiger partial charge is 0.187 e. The van der Waals surface area contributed by atoms with Crippen LogP contribution in [0, 0.1) is 0 Å². The number of nitrogens with zero attached hydrogens (tertiary/aromatic N) is 1. The molecular formula is C11H11BrClN3OS. The van der Waals surface area contributed by atoms with Crippen molar-refractivity contribution in [1.82, 2.24) is 10.7 Å². The molecule has 0 heterocycles. The van der Waals surface area contributed by atoms with Gasteiger partial charge in [-0.2, -0.15) is 5.10 Å². The van der Waals surface area contributed by atoms with Crippen molar-refractivity contribution >= 4 is 51.1 Å². The lowest BCUT2D eigenvalue weighted by atomic mass is 10.2. The highest BCUT2D eigenvalue weighted by Gasteiger charge is 2.21. The van der Waals surface area contributed by atoms with Crippen molar-refractivity contribution in [3.8, 4) is 5.75 Å². The lowest BCUT2D eigenvalue weighted by Crippen LogP contribution is -2.33. The summed E-state index contributed by atoms with van der Waals surface area (Å²) in [5, 5.41) is 17.8. The van der Waals surface area contributed by atoms with Crippen molar-refractivity contribution in [2.45, 2.75) is 18.9 Å². The summed E-state index contributed by atoms with van der Waals surface area (Å²) < 4.78 is 0.523. The summed E-state index contributed by atoms with van der Waals surface area (Å²) in [6.45, 7) is 0. The third-order valence-corrected chi connectivity index (χ3v) is 3.37. The van der Waals surface area contributed by atoms with Crippen LogP contribution >= 0.6 is 39.7 Å². The Morgan fingerprint density at radius 2 is 2.28 bits per heavy atom. The van der Waals surface area contributed by atoms with Crippen LogP contribution in [0.25, 0.3) is 0 Å². The third kappa shape index (κ3) is 3.83. The summed E-state index contributed by atoms with van der Waals surface area (Å²) in [5.74, 6) is 0.0889. The van der Waals surface area contributed by atoms with Crippen molar-refractivity contribution in [2.24, 2.45) is 5.10 Å². The molecule has 2 rings (SSSR count). The molecule has 1 aliphatic rings. The van der Waals surface area contributed by atoms with Crippen LogP contribution in [-0.4, -0.2) is 22.5 Å². The summed E-state index contributed by atoms with van der Waals surface area (Å²) in [6.07, 6.45) is 3.76. The zero-order chi connectivity index (χ0) is 13.1. The zero-order valence-electron chi connectivity index (χ0n) is 9.28. The second-order valence-electron chi connectivity index (χ2n) is 3.94. The Bertz CT molecular complexity index is 505. The molecule has 0 bridgehead atoms. The second kappa shape index (κ2) is 5.86. The maximum absolute atomic E-state index is 9.77. The largest absolute Gasteiger partial charge is 0.506 e. The van der Waals surface area contributed by atoms with E-state index in [0.29, 0.717) is 26.2 Å². The van der Waals surface area contributed by atoms with E-state index in [2.05, 4.69) is 31.8 Å². The van der Waals surface area contributed by atoms with Gasteiger partial charge in [0.2, 0.25) is 0 Å². The van der Waals surface area contributed by atoms with E-state index in [4.69, 9.17) is 23.8 Å².